The van der Waals surface area contributed by atoms with E-state index in [0.29, 0.717) is 18.7 Å². The summed E-state index contributed by atoms with van der Waals surface area (Å²) in [5.74, 6) is -0.0726. The lowest BCUT2D eigenvalue weighted by atomic mass is 9.98. The van der Waals surface area contributed by atoms with Crippen molar-refractivity contribution < 1.29 is 9.59 Å². The van der Waals surface area contributed by atoms with Gasteiger partial charge in [0.25, 0.3) is 11.8 Å². The van der Waals surface area contributed by atoms with E-state index in [1.54, 1.807) is 0 Å². The second-order valence-electron chi connectivity index (χ2n) is 7.34. The second-order valence-corrected chi connectivity index (χ2v) is 8.28. The van der Waals surface area contributed by atoms with Gasteiger partial charge in [0, 0.05) is 44.1 Å². The lowest BCUT2D eigenvalue weighted by Gasteiger charge is -2.29. The zero-order valence-corrected chi connectivity index (χ0v) is 17.3. The molecule has 5 nitrogen and oxygen atoms in total. The predicted octanol–water partition coefficient (Wildman–Crippen LogP) is 4.26. The van der Waals surface area contributed by atoms with Gasteiger partial charge in [0.1, 0.15) is 0 Å². The summed E-state index contributed by atoms with van der Waals surface area (Å²) < 4.78 is 0. The van der Waals surface area contributed by atoms with E-state index in [4.69, 9.17) is 0 Å². The van der Waals surface area contributed by atoms with Crippen molar-refractivity contribution in [3.05, 3.63) is 81.5 Å². The number of anilines is 2. The van der Waals surface area contributed by atoms with Crippen LogP contribution in [0.15, 0.2) is 60.0 Å². The molecule has 148 valence electrons. The normalized spacial score (nSPS) is 13.0. The molecule has 1 N–H and O–H groups in total. The Morgan fingerprint density at radius 2 is 1.90 bits per heavy atom. The molecule has 1 aliphatic heterocycles. The molecule has 2 amide bonds. The van der Waals surface area contributed by atoms with Crippen LogP contribution < -0.4 is 10.2 Å². The zero-order valence-electron chi connectivity index (χ0n) is 16.5. The molecular formula is C23H23N3O2S. The van der Waals surface area contributed by atoms with Crippen LogP contribution in [0.1, 0.15) is 31.2 Å². The molecule has 0 radical (unpaired) electrons. The monoisotopic (exact) mass is 405 g/mol. The molecule has 0 spiro atoms. The van der Waals surface area contributed by atoms with Gasteiger partial charge in [-0.05, 0) is 59.3 Å². The third kappa shape index (κ3) is 4.17. The minimum absolute atomic E-state index is 0.0700. The van der Waals surface area contributed by atoms with Gasteiger partial charge in [-0.3, -0.25) is 9.59 Å². The first-order chi connectivity index (χ1) is 14.0. The van der Waals surface area contributed by atoms with E-state index in [1.165, 1.54) is 16.9 Å². The maximum absolute atomic E-state index is 12.7. The lowest BCUT2D eigenvalue weighted by Crippen LogP contribution is -2.35. The van der Waals surface area contributed by atoms with Crippen LogP contribution in [0.3, 0.4) is 0 Å². The van der Waals surface area contributed by atoms with Gasteiger partial charge < -0.3 is 15.1 Å². The van der Waals surface area contributed by atoms with Crippen LogP contribution in [0.25, 0.3) is 0 Å². The molecule has 0 unspecified atom stereocenters. The lowest BCUT2D eigenvalue weighted by molar-refractivity contribution is 0.0739. The number of amides is 2. The van der Waals surface area contributed by atoms with Crippen molar-refractivity contribution in [3.63, 3.8) is 0 Å². The number of carbonyl (C=O) groups excluding carboxylic acids is 2. The van der Waals surface area contributed by atoms with Crippen LogP contribution in [0, 0.1) is 0 Å². The number of rotatable bonds is 4. The van der Waals surface area contributed by atoms with E-state index < -0.39 is 0 Å². The number of carbonyl (C=O) groups is 2. The van der Waals surface area contributed by atoms with Crippen molar-refractivity contribution >= 4 is 34.5 Å². The highest BCUT2D eigenvalue weighted by molar-refractivity contribution is 7.12. The average molecular weight is 406 g/mol. The van der Waals surface area contributed by atoms with Crippen LogP contribution in [0.2, 0.25) is 0 Å². The van der Waals surface area contributed by atoms with E-state index in [1.807, 2.05) is 83.9 Å². The molecule has 0 saturated heterocycles. The molecule has 1 aliphatic rings. The summed E-state index contributed by atoms with van der Waals surface area (Å²) in [7, 11) is 3.90. The Labute approximate surface area is 174 Å². The van der Waals surface area contributed by atoms with Crippen molar-refractivity contribution in [3.8, 4) is 0 Å². The number of nitrogens with zero attached hydrogens (tertiary/aromatic N) is 2. The number of benzene rings is 2. The van der Waals surface area contributed by atoms with Crippen LogP contribution in [-0.2, 0) is 13.0 Å². The molecule has 1 aromatic heterocycles. The first-order valence-electron chi connectivity index (χ1n) is 9.54. The number of fused-ring (bicyclic) bond motifs is 1. The molecule has 3 aromatic rings. The summed E-state index contributed by atoms with van der Waals surface area (Å²) in [6.45, 7) is 1.28. The fraction of sp³-hybridized carbons (Fsp3) is 0.217. The summed E-state index contributed by atoms with van der Waals surface area (Å²) in [6.07, 6.45) is 0.825. The van der Waals surface area contributed by atoms with Crippen molar-refractivity contribution in [2.24, 2.45) is 0 Å². The first kappa shape index (κ1) is 19.2. The quantitative estimate of drug-likeness (QED) is 0.705. The highest BCUT2D eigenvalue weighted by Gasteiger charge is 2.22. The van der Waals surface area contributed by atoms with Crippen LogP contribution in [-0.4, -0.2) is 37.4 Å². The van der Waals surface area contributed by atoms with Crippen LogP contribution in [0.5, 0.6) is 0 Å². The van der Waals surface area contributed by atoms with Gasteiger partial charge in [-0.1, -0.05) is 18.2 Å². The molecule has 0 bridgehead atoms. The summed E-state index contributed by atoms with van der Waals surface area (Å²) >= 11 is 1.47. The van der Waals surface area contributed by atoms with Crippen LogP contribution >= 0.6 is 11.3 Å². The highest BCUT2D eigenvalue weighted by Crippen LogP contribution is 2.25. The number of thiophene rings is 1. The fourth-order valence-corrected chi connectivity index (χ4v) is 4.18. The SMILES string of the molecule is CN(C)c1cccc(C(=O)Nc2ccc3c(c2)CN(C(=O)c2cccs2)CC3)c1. The highest BCUT2D eigenvalue weighted by atomic mass is 32.1. The van der Waals surface area contributed by atoms with Crippen molar-refractivity contribution in [2.75, 3.05) is 30.9 Å². The molecule has 6 heteroatoms. The van der Waals surface area contributed by atoms with Crippen molar-refractivity contribution in [1.29, 1.82) is 0 Å². The Morgan fingerprint density at radius 1 is 1.03 bits per heavy atom. The average Bonchev–Trinajstić information content (AvgIpc) is 3.27. The predicted molar refractivity (Wildman–Crippen MR) is 118 cm³/mol. The molecule has 0 atom stereocenters. The maximum atomic E-state index is 12.7. The van der Waals surface area contributed by atoms with E-state index >= 15 is 0 Å². The molecular weight excluding hydrogens is 382 g/mol. The minimum Gasteiger partial charge on any atom is -0.378 e. The maximum Gasteiger partial charge on any atom is 0.264 e. The van der Waals surface area contributed by atoms with Gasteiger partial charge >= 0.3 is 0 Å². The van der Waals surface area contributed by atoms with E-state index in [-0.39, 0.29) is 11.8 Å². The largest absolute Gasteiger partial charge is 0.378 e. The Kier molecular flexibility index (Phi) is 5.36. The molecule has 0 fully saturated rings. The van der Waals surface area contributed by atoms with Gasteiger partial charge in [0.15, 0.2) is 0 Å². The van der Waals surface area contributed by atoms with Crippen LogP contribution in [0.4, 0.5) is 11.4 Å². The molecule has 29 heavy (non-hydrogen) atoms. The summed E-state index contributed by atoms with van der Waals surface area (Å²) in [5, 5.41) is 4.91. The first-order valence-corrected chi connectivity index (χ1v) is 10.4. The Balaban J connectivity index is 1.50. The van der Waals surface area contributed by atoms with Gasteiger partial charge in [-0.25, -0.2) is 0 Å². The van der Waals surface area contributed by atoms with Gasteiger partial charge in [-0.15, -0.1) is 11.3 Å². The number of hydrogen-bond donors (Lipinski definition) is 1. The topological polar surface area (TPSA) is 52.7 Å². The number of nitrogens with one attached hydrogen (secondary N) is 1. The smallest absolute Gasteiger partial charge is 0.264 e. The molecule has 0 aliphatic carbocycles. The zero-order chi connectivity index (χ0) is 20.4. The number of hydrogen-bond acceptors (Lipinski definition) is 4. The van der Waals surface area contributed by atoms with E-state index in [2.05, 4.69) is 5.32 Å². The van der Waals surface area contributed by atoms with Crippen molar-refractivity contribution in [1.82, 2.24) is 4.90 Å². The standard InChI is InChI=1S/C23H23N3O2S/c1-25(2)20-6-3-5-17(14-20)22(27)24-19-9-8-16-10-11-26(15-18(16)13-19)23(28)21-7-4-12-29-21/h3-9,12-14H,10-11,15H2,1-2H3,(H,24,27). The minimum atomic E-state index is -0.143. The molecule has 2 heterocycles. The fourth-order valence-electron chi connectivity index (χ4n) is 3.49. The van der Waals surface area contributed by atoms with Gasteiger partial charge in [0.05, 0.1) is 4.88 Å². The Morgan fingerprint density at radius 3 is 2.66 bits per heavy atom. The third-order valence-electron chi connectivity index (χ3n) is 5.12. The van der Waals surface area contributed by atoms with Crippen molar-refractivity contribution in [2.45, 2.75) is 13.0 Å². The molecule has 0 saturated carbocycles. The summed E-state index contributed by atoms with van der Waals surface area (Å²) in [6, 6.07) is 17.3. The third-order valence-corrected chi connectivity index (χ3v) is 5.98. The molecule has 2 aromatic carbocycles. The Hall–Kier alpha value is -3.12. The van der Waals surface area contributed by atoms with Gasteiger partial charge in [0.2, 0.25) is 0 Å². The van der Waals surface area contributed by atoms with Gasteiger partial charge in [-0.2, -0.15) is 0 Å². The Bertz CT molecular complexity index is 1040. The van der Waals surface area contributed by atoms with E-state index in [0.717, 1.165) is 28.2 Å². The summed E-state index contributed by atoms with van der Waals surface area (Å²) in [4.78, 5) is 30.0. The van der Waals surface area contributed by atoms with E-state index in [9.17, 15) is 9.59 Å². The summed E-state index contributed by atoms with van der Waals surface area (Å²) in [5.41, 5.74) is 4.65. The second kappa shape index (κ2) is 8.09. The molecule has 4 rings (SSSR count).